The van der Waals surface area contributed by atoms with Crippen LogP contribution < -0.4 is 0 Å². The van der Waals surface area contributed by atoms with Crippen LogP contribution in [0.4, 0.5) is 8.78 Å². The molecule has 0 saturated heterocycles. The van der Waals surface area contributed by atoms with Crippen LogP contribution in [0.3, 0.4) is 0 Å². The van der Waals surface area contributed by atoms with Gasteiger partial charge >= 0.3 is 0 Å². The summed E-state index contributed by atoms with van der Waals surface area (Å²) in [7, 11) is 0. The third kappa shape index (κ3) is 2.27. The summed E-state index contributed by atoms with van der Waals surface area (Å²) in [4.78, 5) is 3.73. The Kier molecular flexibility index (Phi) is 3.08. The van der Waals surface area contributed by atoms with Crippen LogP contribution >= 0.6 is 11.6 Å². The zero-order valence-electron chi connectivity index (χ0n) is 8.62. The fraction of sp³-hybridized carbons (Fsp3) is 0.200. The maximum atomic E-state index is 13.5. The van der Waals surface area contributed by atoms with Crippen LogP contribution in [-0.4, -0.2) is 15.2 Å². The van der Waals surface area contributed by atoms with Gasteiger partial charge in [0.05, 0.1) is 10.6 Å². The first-order chi connectivity index (χ1) is 7.99. The largest absolute Gasteiger partial charge is 0.385 e. The second-order valence-corrected chi connectivity index (χ2v) is 3.79. The normalized spacial score (nSPS) is 12.8. The molecule has 2 rings (SSSR count). The quantitative estimate of drug-likeness (QED) is 0.844. The van der Waals surface area contributed by atoms with E-state index in [2.05, 4.69) is 10.1 Å². The molecule has 1 heterocycles. The Bertz CT molecular complexity index is 557. The smallest absolute Gasteiger partial charge is 0.261 e. The van der Waals surface area contributed by atoms with E-state index in [9.17, 15) is 13.9 Å². The molecular weight excluding hydrogens is 254 g/mol. The summed E-state index contributed by atoms with van der Waals surface area (Å²) in [5, 5.41) is 12.3. The summed E-state index contributed by atoms with van der Waals surface area (Å²) < 4.78 is 31.4. The molecule has 0 radical (unpaired) electrons. The lowest BCUT2D eigenvalue weighted by molar-refractivity contribution is 0.184. The molecule has 0 aliphatic carbocycles. The van der Waals surface area contributed by atoms with Crippen LogP contribution in [-0.2, 0) is 0 Å². The minimum atomic E-state index is -0.951. The lowest BCUT2D eigenvalue weighted by Gasteiger charge is -1.99. The van der Waals surface area contributed by atoms with E-state index in [1.54, 1.807) is 0 Å². The average molecular weight is 261 g/mol. The summed E-state index contributed by atoms with van der Waals surface area (Å²) in [5.74, 6) is -1.79. The first-order valence-corrected chi connectivity index (χ1v) is 5.03. The number of nitrogens with zero attached hydrogens (tertiary/aromatic N) is 2. The molecule has 0 bridgehead atoms. The Hall–Kier alpha value is -1.53. The van der Waals surface area contributed by atoms with Crippen LogP contribution in [0.15, 0.2) is 16.7 Å². The molecule has 1 aromatic heterocycles. The summed E-state index contributed by atoms with van der Waals surface area (Å²) in [5.41, 5.74) is -0.202. The van der Waals surface area contributed by atoms with E-state index in [0.717, 1.165) is 12.1 Å². The van der Waals surface area contributed by atoms with Crippen molar-refractivity contribution < 1.29 is 18.4 Å². The Morgan fingerprint density at radius 3 is 2.65 bits per heavy atom. The number of aliphatic hydroxyl groups is 1. The number of aromatic nitrogens is 2. The van der Waals surface area contributed by atoms with Crippen molar-refractivity contribution in [3.05, 3.63) is 34.6 Å². The predicted octanol–water partition coefficient (Wildman–Crippen LogP) is 2.72. The number of hydrogen-bond donors (Lipinski definition) is 1. The van der Waals surface area contributed by atoms with Gasteiger partial charge in [0.25, 0.3) is 5.89 Å². The van der Waals surface area contributed by atoms with E-state index < -0.39 is 17.7 Å². The minimum Gasteiger partial charge on any atom is -0.385 e. The molecule has 0 saturated carbocycles. The first-order valence-electron chi connectivity index (χ1n) is 4.65. The molecule has 2 aromatic rings. The first kappa shape index (κ1) is 11.9. The van der Waals surface area contributed by atoms with Crippen LogP contribution in [0.2, 0.25) is 5.02 Å². The van der Waals surface area contributed by atoms with Gasteiger partial charge in [0.15, 0.2) is 5.82 Å². The molecule has 1 atom stereocenters. The Balaban J connectivity index is 2.49. The molecule has 0 aliphatic rings. The van der Waals surface area contributed by atoms with Crippen molar-refractivity contribution in [3.63, 3.8) is 0 Å². The van der Waals surface area contributed by atoms with Gasteiger partial charge < -0.3 is 9.63 Å². The van der Waals surface area contributed by atoms with Gasteiger partial charge in [-0.05, 0) is 19.1 Å². The second kappa shape index (κ2) is 4.38. The number of benzene rings is 1. The number of rotatable bonds is 2. The van der Waals surface area contributed by atoms with Crippen molar-refractivity contribution in [2.24, 2.45) is 0 Å². The fourth-order valence-corrected chi connectivity index (χ4v) is 1.35. The van der Waals surface area contributed by atoms with Crippen molar-refractivity contribution in [1.29, 1.82) is 0 Å². The maximum absolute atomic E-state index is 13.5. The highest BCUT2D eigenvalue weighted by Gasteiger charge is 2.17. The van der Waals surface area contributed by atoms with E-state index in [1.807, 2.05) is 0 Å². The summed E-state index contributed by atoms with van der Waals surface area (Å²) in [6.45, 7) is 1.42. The third-order valence-electron chi connectivity index (χ3n) is 2.06. The molecule has 1 unspecified atom stereocenters. The summed E-state index contributed by atoms with van der Waals surface area (Å²) in [6.07, 6.45) is -0.951. The summed E-state index contributed by atoms with van der Waals surface area (Å²) in [6, 6.07) is 1.68. The van der Waals surface area contributed by atoms with Gasteiger partial charge in [-0.3, -0.25) is 0 Å². The summed E-state index contributed by atoms with van der Waals surface area (Å²) >= 11 is 5.41. The van der Waals surface area contributed by atoms with Gasteiger partial charge in [0, 0.05) is 0 Å². The van der Waals surface area contributed by atoms with E-state index in [-0.39, 0.29) is 22.3 Å². The van der Waals surface area contributed by atoms with Gasteiger partial charge in [0.1, 0.15) is 17.7 Å². The topological polar surface area (TPSA) is 59.2 Å². The molecule has 0 amide bonds. The highest BCUT2D eigenvalue weighted by molar-refractivity contribution is 6.30. The second-order valence-electron chi connectivity index (χ2n) is 3.38. The molecule has 0 fully saturated rings. The van der Waals surface area contributed by atoms with Crippen LogP contribution in [0.5, 0.6) is 0 Å². The molecule has 90 valence electrons. The minimum absolute atomic E-state index is 0.00485. The molecule has 17 heavy (non-hydrogen) atoms. The molecule has 1 aromatic carbocycles. The van der Waals surface area contributed by atoms with E-state index in [4.69, 9.17) is 16.1 Å². The molecule has 0 spiro atoms. The highest BCUT2D eigenvalue weighted by Crippen LogP contribution is 2.27. The van der Waals surface area contributed by atoms with Gasteiger partial charge in [-0.25, -0.2) is 8.78 Å². The Morgan fingerprint density at radius 2 is 2.06 bits per heavy atom. The van der Waals surface area contributed by atoms with Crippen molar-refractivity contribution >= 4 is 11.6 Å². The van der Waals surface area contributed by atoms with Gasteiger partial charge in [-0.15, -0.1) is 0 Å². The van der Waals surface area contributed by atoms with Gasteiger partial charge in [0.2, 0.25) is 0 Å². The fourth-order valence-electron chi connectivity index (χ4n) is 1.20. The Labute approximate surface area is 99.8 Å². The zero-order valence-corrected chi connectivity index (χ0v) is 9.37. The molecule has 1 N–H and O–H groups in total. The lowest BCUT2D eigenvalue weighted by atomic mass is 10.2. The lowest BCUT2D eigenvalue weighted by Crippen LogP contribution is -1.93. The van der Waals surface area contributed by atoms with Gasteiger partial charge in [-0.1, -0.05) is 16.8 Å². The van der Waals surface area contributed by atoms with Crippen LogP contribution in [0, 0.1) is 11.6 Å². The monoisotopic (exact) mass is 260 g/mol. The molecular formula is C10H7ClF2N2O2. The Morgan fingerprint density at radius 1 is 1.35 bits per heavy atom. The van der Waals surface area contributed by atoms with Gasteiger partial charge in [-0.2, -0.15) is 4.98 Å². The molecule has 4 nitrogen and oxygen atoms in total. The SMILES string of the molecule is CC(O)c1noc(-c2cc(F)c(Cl)cc2F)n1. The van der Waals surface area contributed by atoms with E-state index in [0.29, 0.717) is 0 Å². The van der Waals surface area contributed by atoms with Crippen LogP contribution in [0.1, 0.15) is 18.9 Å². The zero-order chi connectivity index (χ0) is 12.6. The van der Waals surface area contributed by atoms with E-state index in [1.165, 1.54) is 6.92 Å². The van der Waals surface area contributed by atoms with Crippen LogP contribution in [0.25, 0.3) is 11.5 Å². The number of aliphatic hydroxyl groups excluding tert-OH is 1. The average Bonchev–Trinajstić information content (AvgIpc) is 2.72. The standard InChI is InChI=1S/C10H7ClF2N2O2/c1-4(16)9-14-10(17-15-9)5-2-8(13)6(11)3-7(5)12/h2-4,16H,1H3. The van der Waals surface area contributed by atoms with Crippen molar-refractivity contribution in [2.45, 2.75) is 13.0 Å². The van der Waals surface area contributed by atoms with Crippen molar-refractivity contribution in [2.75, 3.05) is 0 Å². The van der Waals surface area contributed by atoms with Crippen molar-refractivity contribution in [1.82, 2.24) is 10.1 Å². The predicted molar refractivity (Wildman–Crippen MR) is 55.3 cm³/mol. The number of hydrogen-bond acceptors (Lipinski definition) is 4. The van der Waals surface area contributed by atoms with E-state index >= 15 is 0 Å². The van der Waals surface area contributed by atoms with Crippen molar-refractivity contribution in [3.8, 4) is 11.5 Å². The third-order valence-corrected chi connectivity index (χ3v) is 2.35. The molecule has 7 heteroatoms. The molecule has 0 aliphatic heterocycles. The highest BCUT2D eigenvalue weighted by atomic mass is 35.5. The maximum Gasteiger partial charge on any atom is 0.261 e. The number of halogens is 3.